The Labute approximate surface area is 98.2 Å². The maximum absolute atomic E-state index is 13.3. The molecule has 0 saturated heterocycles. The molecule has 0 aliphatic heterocycles. The average Bonchev–Trinajstić information content (AvgIpc) is 2.70. The summed E-state index contributed by atoms with van der Waals surface area (Å²) >= 11 is 1.54. The van der Waals surface area contributed by atoms with E-state index in [1.54, 1.807) is 22.9 Å². The van der Waals surface area contributed by atoms with E-state index in [9.17, 15) is 4.39 Å². The van der Waals surface area contributed by atoms with E-state index in [1.165, 1.54) is 6.07 Å². The molecule has 0 aliphatic carbocycles. The first kappa shape index (κ1) is 11.2. The summed E-state index contributed by atoms with van der Waals surface area (Å²) in [5, 5.41) is 5.13. The van der Waals surface area contributed by atoms with Gasteiger partial charge in [-0.15, -0.1) is 11.3 Å². The quantitative estimate of drug-likeness (QED) is 0.886. The summed E-state index contributed by atoms with van der Waals surface area (Å²) in [4.78, 5) is 4.26. The van der Waals surface area contributed by atoms with Gasteiger partial charge in [-0.25, -0.2) is 9.37 Å². The van der Waals surface area contributed by atoms with Crippen molar-refractivity contribution in [2.45, 2.75) is 13.0 Å². The van der Waals surface area contributed by atoms with Crippen LogP contribution in [0.3, 0.4) is 0 Å². The first-order valence-corrected chi connectivity index (χ1v) is 5.97. The highest BCUT2D eigenvalue weighted by Gasteiger charge is 2.14. The molecule has 4 heteroatoms. The zero-order chi connectivity index (χ0) is 11.5. The summed E-state index contributed by atoms with van der Waals surface area (Å²) in [5.41, 5.74) is 4.54. The van der Waals surface area contributed by atoms with Crippen molar-refractivity contribution in [3.63, 3.8) is 0 Å². The fourth-order valence-corrected chi connectivity index (χ4v) is 2.36. The minimum absolute atomic E-state index is 0.0411. The van der Waals surface area contributed by atoms with Gasteiger partial charge >= 0.3 is 0 Å². The highest BCUT2D eigenvalue weighted by atomic mass is 32.1. The van der Waals surface area contributed by atoms with Gasteiger partial charge in [0.15, 0.2) is 0 Å². The number of halogens is 1. The van der Waals surface area contributed by atoms with Crippen LogP contribution in [0.5, 0.6) is 0 Å². The molecule has 16 heavy (non-hydrogen) atoms. The first-order chi connectivity index (χ1) is 7.70. The van der Waals surface area contributed by atoms with Gasteiger partial charge in [-0.2, -0.15) is 0 Å². The van der Waals surface area contributed by atoms with Gasteiger partial charge in [-0.3, -0.25) is 0 Å². The Kier molecular flexibility index (Phi) is 3.31. The molecular formula is C12H13FN2S. The van der Waals surface area contributed by atoms with Crippen LogP contribution in [0.25, 0.3) is 0 Å². The third-order valence-corrected chi connectivity index (χ3v) is 3.04. The average molecular weight is 236 g/mol. The molecule has 1 N–H and O–H groups in total. The Morgan fingerprint density at radius 3 is 2.75 bits per heavy atom. The largest absolute Gasteiger partial charge is 0.308 e. The predicted octanol–water partition coefficient (Wildman–Crippen LogP) is 2.90. The van der Waals surface area contributed by atoms with Gasteiger partial charge in [0.1, 0.15) is 5.82 Å². The van der Waals surface area contributed by atoms with Crippen LogP contribution in [0.2, 0.25) is 0 Å². The van der Waals surface area contributed by atoms with Crippen LogP contribution in [-0.2, 0) is 0 Å². The maximum Gasteiger partial charge on any atom is 0.123 e. The molecule has 0 aliphatic rings. The van der Waals surface area contributed by atoms with Crippen molar-refractivity contribution >= 4 is 11.3 Å². The summed E-state index contributed by atoms with van der Waals surface area (Å²) in [6.07, 6.45) is 0. The Hall–Kier alpha value is -1.26. The number of benzene rings is 1. The zero-order valence-corrected chi connectivity index (χ0v) is 10.0. The topological polar surface area (TPSA) is 24.9 Å². The molecule has 2 nitrogen and oxygen atoms in total. The third-order valence-electron chi connectivity index (χ3n) is 2.43. The van der Waals surface area contributed by atoms with Crippen molar-refractivity contribution in [3.05, 3.63) is 51.7 Å². The summed E-state index contributed by atoms with van der Waals surface area (Å²) in [6.45, 7) is 1.89. The maximum atomic E-state index is 13.3. The molecule has 1 heterocycles. The van der Waals surface area contributed by atoms with E-state index >= 15 is 0 Å². The molecule has 0 fully saturated rings. The Morgan fingerprint density at radius 1 is 1.38 bits per heavy atom. The van der Waals surface area contributed by atoms with Crippen LogP contribution in [0.1, 0.15) is 22.9 Å². The second-order valence-electron chi connectivity index (χ2n) is 3.70. The number of hydrogen-bond donors (Lipinski definition) is 1. The van der Waals surface area contributed by atoms with Gasteiger partial charge in [0.25, 0.3) is 0 Å². The van der Waals surface area contributed by atoms with Gasteiger partial charge in [-0.1, -0.05) is 6.07 Å². The lowest BCUT2D eigenvalue weighted by Gasteiger charge is -2.15. The number of nitrogens with zero attached hydrogens (tertiary/aromatic N) is 1. The lowest BCUT2D eigenvalue weighted by atomic mass is 10.0. The minimum Gasteiger partial charge on any atom is -0.308 e. The number of rotatable bonds is 3. The Balaban J connectivity index is 2.41. The summed E-state index contributed by atoms with van der Waals surface area (Å²) < 4.78 is 13.3. The highest BCUT2D eigenvalue weighted by molar-refractivity contribution is 7.07. The van der Waals surface area contributed by atoms with E-state index in [4.69, 9.17) is 0 Å². The molecule has 0 saturated carbocycles. The zero-order valence-electron chi connectivity index (χ0n) is 9.20. The molecular weight excluding hydrogens is 223 g/mol. The third kappa shape index (κ3) is 2.28. The molecule has 1 aromatic carbocycles. The van der Waals surface area contributed by atoms with E-state index in [1.807, 2.05) is 25.4 Å². The highest BCUT2D eigenvalue weighted by Crippen LogP contribution is 2.23. The van der Waals surface area contributed by atoms with Crippen LogP contribution in [0, 0.1) is 12.7 Å². The van der Waals surface area contributed by atoms with Crippen LogP contribution in [-0.4, -0.2) is 12.0 Å². The number of hydrogen-bond acceptors (Lipinski definition) is 3. The number of nitrogens with one attached hydrogen (secondary N) is 1. The fraction of sp³-hybridized carbons (Fsp3) is 0.250. The molecule has 0 bridgehead atoms. The summed E-state index contributed by atoms with van der Waals surface area (Å²) in [7, 11) is 1.85. The Bertz CT molecular complexity index is 448. The molecule has 2 rings (SSSR count). The number of aryl methyl sites for hydroxylation is 1. The molecule has 2 aromatic rings. The van der Waals surface area contributed by atoms with E-state index < -0.39 is 0 Å². The van der Waals surface area contributed by atoms with Crippen molar-refractivity contribution in [2.75, 3.05) is 7.05 Å². The standard InChI is InChI=1S/C12H13FN2S/c1-8-3-9(5-10(13)4-8)12(14-2)11-6-16-7-15-11/h3-7,12,14H,1-2H3. The molecule has 0 amide bonds. The van der Waals surface area contributed by atoms with Gasteiger partial charge in [0.2, 0.25) is 0 Å². The monoisotopic (exact) mass is 236 g/mol. The lowest BCUT2D eigenvalue weighted by molar-refractivity contribution is 0.613. The van der Waals surface area contributed by atoms with Crippen LogP contribution in [0.15, 0.2) is 29.1 Å². The van der Waals surface area contributed by atoms with Gasteiger partial charge in [0.05, 0.1) is 17.2 Å². The molecule has 1 unspecified atom stereocenters. The van der Waals surface area contributed by atoms with Crippen LogP contribution >= 0.6 is 11.3 Å². The molecule has 1 atom stereocenters. The SMILES string of the molecule is CNC(c1cc(C)cc(F)c1)c1cscn1. The van der Waals surface area contributed by atoms with Gasteiger partial charge in [-0.05, 0) is 37.2 Å². The number of aromatic nitrogens is 1. The Morgan fingerprint density at radius 2 is 2.19 bits per heavy atom. The van der Waals surface area contributed by atoms with E-state index in [0.717, 1.165) is 16.8 Å². The van der Waals surface area contributed by atoms with Crippen molar-refractivity contribution in [1.82, 2.24) is 10.3 Å². The molecule has 84 valence electrons. The second-order valence-corrected chi connectivity index (χ2v) is 4.42. The fourth-order valence-electron chi connectivity index (χ4n) is 1.78. The second kappa shape index (κ2) is 4.72. The summed E-state index contributed by atoms with van der Waals surface area (Å²) in [5.74, 6) is -0.203. The van der Waals surface area contributed by atoms with Gasteiger partial charge < -0.3 is 5.32 Å². The molecule has 0 radical (unpaired) electrons. The van der Waals surface area contributed by atoms with Crippen molar-refractivity contribution < 1.29 is 4.39 Å². The number of thiazole rings is 1. The molecule has 1 aromatic heterocycles. The minimum atomic E-state index is -0.203. The normalized spacial score (nSPS) is 12.7. The van der Waals surface area contributed by atoms with E-state index in [2.05, 4.69) is 10.3 Å². The van der Waals surface area contributed by atoms with E-state index in [-0.39, 0.29) is 11.9 Å². The van der Waals surface area contributed by atoms with Gasteiger partial charge in [0, 0.05) is 5.38 Å². The molecule has 0 spiro atoms. The summed E-state index contributed by atoms with van der Waals surface area (Å²) in [6, 6.07) is 5.01. The van der Waals surface area contributed by atoms with Crippen molar-refractivity contribution in [3.8, 4) is 0 Å². The predicted molar refractivity (Wildman–Crippen MR) is 64.2 cm³/mol. The van der Waals surface area contributed by atoms with Crippen molar-refractivity contribution in [1.29, 1.82) is 0 Å². The van der Waals surface area contributed by atoms with E-state index in [0.29, 0.717) is 0 Å². The lowest BCUT2D eigenvalue weighted by Crippen LogP contribution is -2.18. The van der Waals surface area contributed by atoms with Crippen LogP contribution in [0.4, 0.5) is 4.39 Å². The first-order valence-electron chi connectivity index (χ1n) is 5.03. The van der Waals surface area contributed by atoms with Crippen molar-refractivity contribution in [2.24, 2.45) is 0 Å². The van der Waals surface area contributed by atoms with Crippen LogP contribution < -0.4 is 5.32 Å². The smallest absolute Gasteiger partial charge is 0.123 e.